The number of hydrogen-bond acceptors (Lipinski definition) is 3. The standard InChI is InChI=1S/C12H20N4S.HI/c1-8(11-14-7-9(2)17-11)6-15-12(13)16(3)10-4-5-10;/h7-8,10H,4-6H2,1-3H3,(H2,13,15);1H. The van der Waals surface area contributed by atoms with E-state index in [1.807, 2.05) is 13.2 Å². The summed E-state index contributed by atoms with van der Waals surface area (Å²) in [5, 5.41) is 1.15. The third kappa shape index (κ3) is 4.08. The summed E-state index contributed by atoms with van der Waals surface area (Å²) in [4.78, 5) is 12.2. The molecule has 1 unspecified atom stereocenters. The zero-order valence-corrected chi connectivity index (χ0v) is 14.2. The maximum Gasteiger partial charge on any atom is 0.191 e. The molecule has 18 heavy (non-hydrogen) atoms. The maximum atomic E-state index is 5.95. The van der Waals surface area contributed by atoms with Crippen molar-refractivity contribution in [3.05, 3.63) is 16.1 Å². The summed E-state index contributed by atoms with van der Waals surface area (Å²) < 4.78 is 0. The Morgan fingerprint density at radius 2 is 2.33 bits per heavy atom. The van der Waals surface area contributed by atoms with Gasteiger partial charge in [0.05, 0.1) is 11.6 Å². The molecular formula is C12H21IN4S. The van der Waals surface area contributed by atoms with Gasteiger partial charge in [0.15, 0.2) is 5.96 Å². The first-order valence-corrected chi connectivity index (χ1v) is 6.84. The second-order valence-corrected chi connectivity index (χ2v) is 6.02. The molecule has 0 saturated heterocycles. The minimum absolute atomic E-state index is 0. The number of aromatic nitrogens is 1. The van der Waals surface area contributed by atoms with Crippen LogP contribution < -0.4 is 5.73 Å². The van der Waals surface area contributed by atoms with E-state index in [-0.39, 0.29) is 24.0 Å². The molecule has 0 bridgehead atoms. The molecular weight excluding hydrogens is 359 g/mol. The second kappa shape index (κ2) is 6.70. The van der Waals surface area contributed by atoms with Crippen LogP contribution in [0.5, 0.6) is 0 Å². The van der Waals surface area contributed by atoms with E-state index in [1.54, 1.807) is 11.3 Å². The van der Waals surface area contributed by atoms with Gasteiger partial charge in [-0.2, -0.15) is 0 Å². The number of nitrogens with zero attached hydrogens (tertiary/aromatic N) is 3. The van der Waals surface area contributed by atoms with Crippen LogP contribution in [0.15, 0.2) is 11.2 Å². The first kappa shape index (κ1) is 15.7. The molecule has 6 heteroatoms. The molecule has 0 spiro atoms. The van der Waals surface area contributed by atoms with Gasteiger partial charge in [-0.05, 0) is 19.8 Å². The number of aliphatic imine (C=N–C) groups is 1. The highest BCUT2D eigenvalue weighted by atomic mass is 127. The molecule has 0 aromatic carbocycles. The SMILES string of the molecule is Cc1cnc(C(C)CN=C(N)N(C)C2CC2)s1.I. The molecule has 1 aromatic heterocycles. The normalized spacial score (nSPS) is 17.2. The van der Waals surface area contributed by atoms with Crippen LogP contribution >= 0.6 is 35.3 Å². The number of guanidine groups is 1. The molecule has 1 heterocycles. The van der Waals surface area contributed by atoms with Crippen LogP contribution in [0, 0.1) is 6.92 Å². The van der Waals surface area contributed by atoms with E-state index in [0.717, 1.165) is 11.6 Å². The zero-order valence-electron chi connectivity index (χ0n) is 11.1. The number of nitrogens with two attached hydrogens (primary N) is 1. The highest BCUT2D eigenvalue weighted by molar-refractivity contribution is 14.0. The van der Waals surface area contributed by atoms with Crippen molar-refractivity contribution >= 4 is 41.3 Å². The van der Waals surface area contributed by atoms with Gasteiger partial charge in [0.2, 0.25) is 0 Å². The lowest BCUT2D eigenvalue weighted by molar-refractivity contribution is 0.486. The van der Waals surface area contributed by atoms with Crippen molar-refractivity contribution in [2.24, 2.45) is 10.7 Å². The molecule has 0 aliphatic heterocycles. The Morgan fingerprint density at radius 1 is 1.67 bits per heavy atom. The topological polar surface area (TPSA) is 54.5 Å². The van der Waals surface area contributed by atoms with Crippen LogP contribution in [0.4, 0.5) is 0 Å². The molecule has 1 saturated carbocycles. The van der Waals surface area contributed by atoms with E-state index in [9.17, 15) is 0 Å². The minimum atomic E-state index is 0. The predicted molar refractivity (Wildman–Crippen MR) is 88.0 cm³/mol. The fourth-order valence-electron chi connectivity index (χ4n) is 1.67. The molecule has 1 fully saturated rings. The monoisotopic (exact) mass is 380 g/mol. The highest BCUT2D eigenvalue weighted by Crippen LogP contribution is 2.25. The summed E-state index contributed by atoms with van der Waals surface area (Å²) in [6, 6.07) is 0.621. The molecule has 1 atom stereocenters. The van der Waals surface area contributed by atoms with Crippen molar-refractivity contribution < 1.29 is 0 Å². The average Bonchev–Trinajstić information content (AvgIpc) is 3.07. The zero-order chi connectivity index (χ0) is 12.4. The van der Waals surface area contributed by atoms with Crippen LogP contribution in [-0.2, 0) is 0 Å². The Hall–Kier alpha value is -0.370. The third-order valence-corrected chi connectivity index (χ3v) is 4.19. The van der Waals surface area contributed by atoms with Crippen LogP contribution in [0.2, 0.25) is 0 Å². The minimum Gasteiger partial charge on any atom is -0.370 e. The third-order valence-electron chi connectivity index (χ3n) is 3.04. The van der Waals surface area contributed by atoms with E-state index in [0.29, 0.717) is 17.9 Å². The van der Waals surface area contributed by atoms with E-state index in [2.05, 4.69) is 28.7 Å². The number of rotatable bonds is 4. The maximum absolute atomic E-state index is 5.95. The van der Waals surface area contributed by atoms with Crippen LogP contribution in [-0.4, -0.2) is 35.5 Å². The average molecular weight is 380 g/mol. The van der Waals surface area contributed by atoms with Crippen LogP contribution in [0.25, 0.3) is 0 Å². The summed E-state index contributed by atoms with van der Waals surface area (Å²) in [5.41, 5.74) is 5.95. The molecule has 0 radical (unpaired) electrons. The van der Waals surface area contributed by atoms with Gasteiger partial charge in [-0.1, -0.05) is 6.92 Å². The van der Waals surface area contributed by atoms with Crippen molar-refractivity contribution in [1.29, 1.82) is 0 Å². The van der Waals surface area contributed by atoms with Gasteiger partial charge >= 0.3 is 0 Å². The van der Waals surface area contributed by atoms with Crippen molar-refractivity contribution in [3.8, 4) is 0 Å². The van der Waals surface area contributed by atoms with Gasteiger partial charge in [-0.15, -0.1) is 35.3 Å². The molecule has 1 aromatic rings. The first-order valence-electron chi connectivity index (χ1n) is 6.03. The number of aryl methyl sites for hydroxylation is 1. The second-order valence-electron chi connectivity index (χ2n) is 4.75. The molecule has 1 aliphatic carbocycles. The van der Waals surface area contributed by atoms with Crippen molar-refractivity contribution in [3.63, 3.8) is 0 Å². The summed E-state index contributed by atoms with van der Waals surface area (Å²) in [6.07, 6.45) is 4.40. The summed E-state index contributed by atoms with van der Waals surface area (Å²) in [7, 11) is 2.02. The lowest BCUT2D eigenvalue weighted by Gasteiger charge is -2.17. The van der Waals surface area contributed by atoms with E-state index in [4.69, 9.17) is 5.73 Å². The Balaban J connectivity index is 0.00000162. The number of thiazole rings is 1. The smallest absolute Gasteiger partial charge is 0.191 e. The Labute approximate surface area is 130 Å². The number of hydrogen-bond donors (Lipinski definition) is 1. The largest absolute Gasteiger partial charge is 0.370 e. The summed E-state index contributed by atoms with van der Waals surface area (Å²) in [5.74, 6) is 1.01. The molecule has 1 aliphatic rings. The molecule has 4 nitrogen and oxygen atoms in total. The lowest BCUT2D eigenvalue weighted by Crippen LogP contribution is -2.36. The van der Waals surface area contributed by atoms with Gasteiger partial charge < -0.3 is 10.6 Å². The molecule has 102 valence electrons. The lowest BCUT2D eigenvalue weighted by atomic mass is 10.2. The molecule has 2 N–H and O–H groups in total. The van der Waals surface area contributed by atoms with Gasteiger partial charge in [0, 0.05) is 30.1 Å². The van der Waals surface area contributed by atoms with E-state index < -0.39 is 0 Å². The quantitative estimate of drug-likeness (QED) is 0.496. The fourth-order valence-corrected chi connectivity index (χ4v) is 2.49. The van der Waals surface area contributed by atoms with Crippen molar-refractivity contribution in [2.75, 3.05) is 13.6 Å². The molecule has 2 rings (SSSR count). The Kier molecular flexibility index (Phi) is 5.84. The number of halogens is 1. The molecule has 0 amide bonds. The summed E-state index contributed by atoms with van der Waals surface area (Å²) in [6.45, 7) is 4.94. The van der Waals surface area contributed by atoms with Crippen molar-refractivity contribution in [1.82, 2.24) is 9.88 Å². The summed E-state index contributed by atoms with van der Waals surface area (Å²) >= 11 is 1.74. The van der Waals surface area contributed by atoms with E-state index in [1.165, 1.54) is 17.7 Å². The van der Waals surface area contributed by atoms with E-state index >= 15 is 0 Å². The van der Waals surface area contributed by atoms with Gasteiger partial charge in [0.25, 0.3) is 0 Å². The first-order chi connectivity index (χ1) is 8.08. The Bertz CT molecular complexity index is 414. The van der Waals surface area contributed by atoms with Gasteiger partial charge in [0.1, 0.15) is 0 Å². The van der Waals surface area contributed by atoms with Crippen LogP contribution in [0.3, 0.4) is 0 Å². The van der Waals surface area contributed by atoms with Gasteiger partial charge in [-0.3, -0.25) is 4.99 Å². The van der Waals surface area contributed by atoms with Gasteiger partial charge in [-0.25, -0.2) is 4.98 Å². The highest BCUT2D eigenvalue weighted by Gasteiger charge is 2.27. The Morgan fingerprint density at radius 3 is 2.83 bits per heavy atom. The van der Waals surface area contributed by atoms with Crippen molar-refractivity contribution in [2.45, 2.75) is 38.6 Å². The predicted octanol–water partition coefficient (Wildman–Crippen LogP) is 2.58. The fraction of sp³-hybridized carbons (Fsp3) is 0.667. The van der Waals surface area contributed by atoms with Crippen LogP contribution in [0.1, 0.15) is 35.6 Å².